The number of methoxy groups -OCH3 is 1. The molecule has 0 aromatic heterocycles. The van der Waals surface area contributed by atoms with Crippen molar-refractivity contribution in [3.8, 4) is 5.75 Å². The van der Waals surface area contributed by atoms with Crippen LogP contribution in [0.2, 0.25) is 0 Å². The summed E-state index contributed by atoms with van der Waals surface area (Å²) in [6, 6.07) is 13.3. The number of para-hydroxylation sites is 3. The molecule has 0 radical (unpaired) electrons. The minimum atomic E-state index is -0.547. The quantitative estimate of drug-likeness (QED) is 0.588. The molecule has 0 aliphatic rings. The Bertz CT molecular complexity index is 804. The van der Waals surface area contributed by atoms with Gasteiger partial charge in [0.2, 0.25) is 11.8 Å². The molecule has 0 atom stereocenters. The summed E-state index contributed by atoms with van der Waals surface area (Å²) in [6.07, 6.45) is -0.408. The van der Waals surface area contributed by atoms with E-state index >= 15 is 0 Å². The van der Waals surface area contributed by atoms with E-state index in [-0.39, 0.29) is 12.2 Å². The zero-order valence-electron chi connectivity index (χ0n) is 14.6. The predicted octanol–water partition coefficient (Wildman–Crippen LogP) is 2.84. The van der Waals surface area contributed by atoms with Crippen molar-refractivity contribution in [2.24, 2.45) is 0 Å². The van der Waals surface area contributed by atoms with Crippen LogP contribution < -0.4 is 15.4 Å². The van der Waals surface area contributed by atoms with Gasteiger partial charge in [-0.15, -0.1) is 0 Å². The van der Waals surface area contributed by atoms with Crippen molar-refractivity contribution in [2.75, 3.05) is 24.4 Å². The first kappa shape index (κ1) is 19.0. The van der Waals surface area contributed by atoms with Gasteiger partial charge in [0.1, 0.15) is 12.2 Å². The summed E-state index contributed by atoms with van der Waals surface area (Å²) in [7, 11) is 1.49. The molecule has 0 saturated heterocycles. The van der Waals surface area contributed by atoms with Crippen LogP contribution in [0.4, 0.5) is 11.4 Å². The first-order valence-corrected chi connectivity index (χ1v) is 8.04. The zero-order valence-corrected chi connectivity index (χ0v) is 14.6. The average molecular weight is 356 g/mol. The highest BCUT2D eigenvalue weighted by molar-refractivity contribution is 6.10. The second kappa shape index (κ2) is 9.22. The topological polar surface area (TPSA) is 93.7 Å². The number of hydrogen-bond donors (Lipinski definition) is 2. The third kappa shape index (κ3) is 5.07. The van der Waals surface area contributed by atoms with Crippen molar-refractivity contribution < 1.29 is 23.9 Å². The molecule has 2 aromatic carbocycles. The number of ether oxygens (including phenoxy) is 2. The number of amides is 2. The van der Waals surface area contributed by atoms with Crippen LogP contribution in [-0.4, -0.2) is 31.5 Å². The molecular formula is C19H20N2O5. The van der Waals surface area contributed by atoms with E-state index in [1.54, 1.807) is 55.5 Å². The predicted molar refractivity (Wildman–Crippen MR) is 97.3 cm³/mol. The van der Waals surface area contributed by atoms with E-state index < -0.39 is 24.2 Å². The van der Waals surface area contributed by atoms with Gasteiger partial charge in [-0.05, 0) is 31.2 Å². The van der Waals surface area contributed by atoms with E-state index in [0.717, 1.165) is 0 Å². The van der Waals surface area contributed by atoms with Gasteiger partial charge in [-0.3, -0.25) is 9.59 Å². The Morgan fingerprint density at radius 2 is 1.46 bits per heavy atom. The summed E-state index contributed by atoms with van der Waals surface area (Å²) in [5, 5.41) is 5.18. The van der Waals surface area contributed by atoms with Crippen LogP contribution in [0.5, 0.6) is 5.75 Å². The fourth-order valence-corrected chi connectivity index (χ4v) is 2.26. The highest BCUT2D eigenvalue weighted by Crippen LogP contribution is 2.23. The van der Waals surface area contributed by atoms with Crippen LogP contribution >= 0.6 is 0 Å². The normalized spacial score (nSPS) is 9.92. The monoisotopic (exact) mass is 356 g/mol. The Morgan fingerprint density at radius 1 is 0.885 bits per heavy atom. The van der Waals surface area contributed by atoms with Crippen LogP contribution in [-0.2, 0) is 14.3 Å². The lowest BCUT2D eigenvalue weighted by atomic mass is 10.1. The van der Waals surface area contributed by atoms with E-state index in [4.69, 9.17) is 9.47 Å². The molecule has 0 spiro atoms. The molecule has 2 amide bonds. The lowest BCUT2D eigenvalue weighted by molar-refractivity contribution is -0.123. The number of hydrogen-bond acceptors (Lipinski definition) is 5. The maximum absolute atomic E-state index is 12.1. The van der Waals surface area contributed by atoms with Crippen LogP contribution in [0.25, 0.3) is 0 Å². The fourth-order valence-electron chi connectivity index (χ4n) is 2.26. The molecule has 0 unspecified atom stereocenters. The summed E-state index contributed by atoms with van der Waals surface area (Å²) in [6.45, 7) is 1.92. The summed E-state index contributed by atoms with van der Waals surface area (Å²) >= 11 is 0. The minimum absolute atomic E-state index is 0.225. The van der Waals surface area contributed by atoms with E-state index in [2.05, 4.69) is 10.6 Å². The van der Waals surface area contributed by atoms with Crippen molar-refractivity contribution in [2.45, 2.75) is 13.3 Å². The Labute approximate surface area is 151 Å². The first-order valence-electron chi connectivity index (χ1n) is 8.04. The molecule has 2 N–H and O–H groups in total. The van der Waals surface area contributed by atoms with Gasteiger partial charge in [-0.2, -0.15) is 0 Å². The zero-order chi connectivity index (χ0) is 18.9. The maximum Gasteiger partial charge on any atom is 0.340 e. The molecule has 136 valence electrons. The SMILES string of the molecule is CCOC(=O)c1ccccc1NC(=O)CC(=O)Nc1ccccc1OC. The van der Waals surface area contributed by atoms with Gasteiger partial charge in [0.05, 0.1) is 30.7 Å². The number of carbonyl (C=O) groups is 3. The molecule has 0 aliphatic carbocycles. The maximum atomic E-state index is 12.1. The highest BCUT2D eigenvalue weighted by Gasteiger charge is 2.16. The Hall–Kier alpha value is -3.35. The number of benzene rings is 2. The molecule has 26 heavy (non-hydrogen) atoms. The average Bonchev–Trinajstić information content (AvgIpc) is 2.62. The van der Waals surface area contributed by atoms with Crippen molar-refractivity contribution in [3.63, 3.8) is 0 Å². The molecule has 0 aliphatic heterocycles. The Balaban J connectivity index is 2.01. The standard InChI is InChI=1S/C19H20N2O5/c1-3-26-19(24)13-8-4-5-9-14(13)20-17(22)12-18(23)21-15-10-6-7-11-16(15)25-2/h4-11H,3,12H2,1-2H3,(H,20,22)(H,21,23). The van der Waals surface area contributed by atoms with E-state index in [1.807, 2.05) is 0 Å². The van der Waals surface area contributed by atoms with Crippen LogP contribution in [0, 0.1) is 0 Å². The molecule has 0 heterocycles. The first-order chi connectivity index (χ1) is 12.5. The number of rotatable bonds is 7. The molecule has 0 saturated carbocycles. The number of anilines is 2. The molecule has 2 aromatic rings. The number of carbonyl (C=O) groups excluding carboxylic acids is 3. The molecule has 0 fully saturated rings. The summed E-state index contributed by atoms with van der Waals surface area (Å²) in [5.41, 5.74) is 0.994. The van der Waals surface area contributed by atoms with Crippen molar-refractivity contribution in [1.82, 2.24) is 0 Å². The van der Waals surface area contributed by atoms with E-state index in [9.17, 15) is 14.4 Å². The van der Waals surface area contributed by atoms with Crippen LogP contribution in [0.1, 0.15) is 23.7 Å². The van der Waals surface area contributed by atoms with E-state index in [0.29, 0.717) is 17.1 Å². The van der Waals surface area contributed by atoms with E-state index in [1.165, 1.54) is 7.11 Å². The van der Waals surface area contributed by atoms with Gasteiger partial charge in [0.25, 0.3) is 0 Å². The third-order valence-corrected chi connectivity index (χ3v) is 3.40. The minimum Gasteiger partial charge on any atom is -0.495 e. The van der Waals surface area contributed by atoms with Crippen LogP contribution in [0.15, 0.2) is 48.5 Å². The van der Waals surface area contributed by atoms with Gasteiger partial charge < -0.3 is 20.1 Å². The second-order valence-electron chi connectivity index (χ2n) is 5.24. The smallest absolute Gasteiger partial charge is 0.340 e. The lowest BCUT2D eigenvalue weighted by Crippen LogP contribution is -2.22. The Kier molecular flexibility index (Phi) is 6.73. The number of esters is 1. The highest BCUT2D eigenvalue weighted by atomic mass is 16.5. The summed E-state index contributed by atoms with van der Waals surface area (Å²) < 4.78 is 10.1. The molecule has 7 heteroatoms. The van der Waals surface area contributed by atoms with Crippen molar-refractivity contribution >= 4 is 29.2 Å². The van der Waals surface area contributed by atoms with Gasteiger partial charge >= 0.3 is 5.97 Å². The number of nitrogens with one attached hydrogen (secondary N) is 2. The van der Waals surface area contributed by atoms with Gasteiger partial charge in [0, 0.05) is 0 Å². The molecule has 7 nitrogen and oxygen atoms in total. The third-order valence-electron chi connectivity index (χ3n) is 3.40. The lowest BCUT2D eigenvalue weighted by Gasteiger charge is -2.11. The summed E-state index contributed by atoms with van der Waals surface area (Å²) in [4.78, 5) is 36.1. The largest absolute Gasteiger partial charge is 0.495 e. The van der Waals surface area contributed by atoms with Gasteiger partial charge in [-0.25, -0.2) is 4.79 Å². The van der Waals surface area contributed by atoms with Gasteiger partial charge in [0.15, 0.2) is 0 Å². The fraction of sp³-hybridized carbons (Fsp3) is 0.211. The van der Waals surface area contributed by atoms with Gasteiger partial charge in [-0.1, -0.05) is 24.3 Å². The Morgan fingerprint density at radius 3 is 2.12 bits per heavy atom. The van der Waals surface area contributed by atoms with Crippen LogP contribution in [0.3, 0.4) is 0 Å². The summed E-state index contributed by atoms with van der Waals surface area (Å²) in [5.74, 6) is -1.09. The molecular weight excluding hydrogens is 336 g/mol. The van der Waals surface area contributed by atoms with Crippen molar-refractivity contribution in [3.05, 3.63) is 54.1 Å². The van der Waals surface area contributed by atoms with Crippen molar-refractivity contribution in [1.29, 1.82) is 0 Å². The molecule has 2 rings (SSSR count). The molecule has 0 bridgehead atoms. The second-order valence-corrected chi connectivity index (χ2v) is 5.24.